The first-order valence-corrected chi connectivity index (χ1v) is 0.911. The van der Waals surface area contributed by atoms with E-state index in [1.165, 1.54) is 6.08 Å². The first kappa shape index (κ1) is 8.82. The second-order valence-corrected chi connectivity index (χ2v) is 0.333. The summed E-state index contributed by atoms with van der Waals surface area (Å²) in [7, 11) is 0. The van der Waals surface area contributed by atoms with Crippen LogP contribution in [0.5, 0.6) is 0 Å². The smallest absolute Gasteiger partial charge is 0.518 e. The van der Waals surface area contributed by atoms with Crippen molar-refractivity contribution in [3.8, 4) is 0 Å². The summed E-state index contributed by atoms with van der Waals surface area (Å²) in [5.41, 5.74) is 0. The van der Waals surface area contributed by atoms with Crippen molar-refractivity contribution >= 4 is 0 Å². The van der Waals surface area contributed by atoms with Gasteiger partial charge in [-0.3, -0.25) is 6.08 Å². The van der Waals surface area contributed by atoms with Gasteiger partial charge in [-0.15, -0.1) is 0 Å². The predicted octanol–water partition coefficient (Wildman–Crippen LogP) is 0.993. The van der Waals surface area contributed by atoms with Gasteiger partial charge in [-0.25, -0.2) is 0 Å². The number of hydrogen-bond acceptors (Lipinski definition) is 0. The molecule has 0 atom stereocenters. The molecule has 0 radical (unpaired) electrons. The zero-order valence-electron chi connectivity index (χ0n) is 2.46. The standard InChI is InChI=1S/C3H5.Ag/c1-3-2;/h1,3H,2H3;/q-1;+1. The van der Waals surface area contributed by atoms with E-state index in [1.807, 2.05) is 0 Å². The van der Waals surface area contributed by atoms with Crippen molar-refractivity contribution in [2.24, 2.45) is 0 Å². The van der Waals surface area contributed by atoms with E-state index in [4.69, 9.17) is 6.58 Å². The van der Waals surface area contributed by atoms with E-state index in [0.29, 0.717) is 0 Å². The molecular weight excluding hydrogens is 144 g/mol. The number of allylic oxidation sites excluding steroid dienone is 1. The SMILES string of the molecule is [Ag+].[CH-]=CC. The van der Waals surface area contributed by atoms with Crippen LogP contribution >= 0.6 is 0 Å². The molecule has 0 amide bonds. The molecule has 0 aromatic carbocycles. The fraction of sp³-hybridized carbons (Fsp3) is 0.333. The fourth-order valence-corrected chi connectivity index (χ4v) is 0. The van der Waals surface area contributed by atoms with Crippen molar-refractivity contribution in [1.29, 1.82) is 0 Å². The van der Waals surface area contributed by atoms with Crippen LogP contribution in [0, 0.1) is 6.58 Å². The normalized spacial score (nSPS) is 3.25. The first-order valence-electron chi connectivity index (χ1n) is 0.911. The van der Waals surface area contributed by atoms with Crippen molar-refractivity contribution in [1.82, 2.24) is 0 Å². The molecule has 0 aliphatic rings. The molecule has 0 aromatic heterocycles. The molecule has 0 aromatic rings. The molecule has 0 nitrogen and oxygen atoms in total. The molecule has 0 aliphatic carbocycles. The number of hydrogen-bond donors (Lipinski definition) is 0. The maximum Gasteiger partial charge on any atom is 1.00 e. The molecule has 0 fully saturated rings. The fourth-order valence-electron chi connectivity index (χ4n) is 0. The van der Waals surface area contributed by atoms with Gasteiger partial charge in [0.15, 0.2) is 0 Å². The van der Waals surface area contributed by atoms with Crippen LogP contribution in [-0.4, -0.2) is 0 Å². The van der Waals surface area contributed by atoms with Gasteiger partial charge in [0.1, 0.15) is 0 Å². The molecule has 0 N–H and O–H groups in total. The Morgan fingerprint density at radius 1 is 1.75 bits per heavy atom. The van der Waals surface area contributed by atoms with Crippen LogP contribution in [0.4, 0.5) is 0 Å². The van der Waals surface area contributed by atoms with E-state index in [2.05, 4.69) is 0 Å². The largest absolute Gasteiger partial charge is 1.00 e. The monoisotopic (exact) mass is 148 g/mol. The Morgan fingerprint density at radius 2 is 1.75 bits per heavy atom. The second kappa shape index (κ2) is 9.77. The average Bonchev–Trinajstić information content (AvgIpc) is 0.918. The van der Waals surface area contributed by atoms with Crippen LogP contribution in [0.25, 0.3) is 0 Å². The van der Waals surface area contributed by atoms with Crippen molar-refractivity contribution < 1.29 is 22.4 Å². The zero-order chi connectivity index (χ0) is 2.71. The first-order chi connectivity index (χ1) is 1.41. The Morgan fingerprint density at radius 3 is 1.75 bits per heavy atom. The molecule has 0 rings (SSSR count). The third kappa shape index (κ3) is 23.6. The summed E-state index contributed by atoms with van der Waals surface area (Å²) in [5.74, 6) is 0. The maximum atomic E-state index is 4.72. The minimum Gasteiger partial charge on any atom is -0.518 e. The average molecular weight is 149 g/mol. The summed E-state index contributed by atoms with van der Waals surface area (Å²) in [4.78, 5) is 0. The molecule has 0 saturated heterocycles. The van der Waals surface area contributed by atoms with Gasteiger partial charge < -0.3 is 6.58 Å². The van der Waals surface area contributed by atoms with E-state index < -0.39 is 0 Å². The molecule has 1 heteroatoms. The van der Waals surface area contributed by atoms with Crippen LogP contribution in [0.2, 0.25) is 0 Å². The molecule has 0 heterocycles. The van der Waals surface area contributed by atoms with Crippen molar-refractivity contribution in [2.45, 2.75) is 6.92 Å². The van der Waals surface area contributed by atoms with Gasteiger partial charge in [-0.1, -0.05) is 6.92 Å². The van der Waals surface area contributed by atoms with E-state index >= 15 is 0 Å². The maximum absolute atomic E-state index is 4.72. The van der Waals surface area contributed by atoms with Crippen LogP contribution in [0.3, 0.4) is 0 Å². The van der Waals surface area contributed by atoms with Gasteiger partial charge in [0.05, 0.1) is 0 Å². The van der Waals surface area contributed by atoms with E-state index in [9.17, 15) is 0 Å². The second-order valence-electron chi connectivity index (χ2n) is 0.333. The Hall–Kier alpha value is 0.480. The van der Waals surface area contributed by atoms with Crippen LogP contribution in [0.15, 0.2) is 6.08 Å². The quantitative estimate of drug-likeness (QED) is 0.356. The van der Waals surface area contributed by atoms with Gasteiger partial charge in [-0.05, 0) is 0 Å². The van der Waals surface area contributed by atoms with Crippen LogP contribution in [-0.2, 0) is 22.4 Å². The van der Waals surface area contributed by atoms with Gasteiger partial charge in [0, 0.05) is 0 Å². The summed E-state index contributed by atoms with van der Waals surface area (Å²) in [5, 5.41) is 0. The Balaban J connectivity index is 0. The minimum atomic E-state index is 0. The molecule has 0 spiro atoms. The Labute approximate surface area is 42.4 Å². The molecule has 0 bridgehead atoms. The molecule has 28 valence electrons. The molecule has 4 heavy (non-hydrogen) atoms. The molecule has 0 aliphatic heterocycles. The minimum absolute atomic E-state index is 0. The van der Waals surface area contributed by atoms with Crippen molar-refractivity contribution in [2.75, 3.05) is 0 Å². The third-order valence-corrected chi connectivity index (χ3v) is 0. The van der Waals surface area contributed by atoms with E-state index in [0.717, 1.165) is 0 Å². The predicted molar refractivity (Wildman–Crippen MR) is 14.5 cm³/mol. The van der Waals surface area contributed by atoms with Gasteiger partial charge in [-0.2, -0.15) is 0 Å². The van der Waals surface area contributed by atoms with Crippen molar-refractivity contribution in [3.05, 3.63) is 12.7 Å². The summed E-state index contributed by atoms with van der Waals surface area (Å²) >= 11 is 0. The van der Waals surface area contributed by atoms with Gasteiger partial charge >= 0.3 is 22.4 Å². The third-order valence-electron chi connectivity index (χ3n) is 0. The summed E-state index contributed by atoms with van der Waals surface area (Å²) in [6, 6.07) is 0. The zero-order valence-corrected chi connectivity index (χ0v) is 3.94. The summed E-state index contributed by atoms with van der Waals surface area (Å²) in [6.07, 6.45) is 1.50. The topological polar surface area (TPSA) is 0 Å². The van der Waals surface area contributed by atoms with Crippen LogP contribution < -0.4 is 0 Å². The Bertz CT molecular complexity index is 10.8. The summed E-state index contributed by atoms with van der Waals surface area (Å²) in [6.45, 7) is 6.50. The van der Waals surface area contributed by atoms with E-state index in [1.54, 1.807) is 6.92 Å². The van der Waals surface area contributed by atoms with Gasteiger partial charge in [0.25, 0.3) is 0 Å². The Kier molecular flexibility index (Phi) is 21.5. The van der Waals surface area contributed by atoms with Crippen LogP contribution in [0.1, 0.15) is 6.92 Å². The molecule has 0 unspecified atom stereocenters. The van der Waals surface area contributed by atoms with Crippen molar-refractivity contribution in [3.63, 3.8) is 0 Å². The van der Waals surface area contributed by atoms with Gasteiger partial charge in [0.2, 0.25) is 0 Å². The van der Waals surface area contributed by atoms with E-state index in [-0.39, 0.29) is 22.4 Å². The number of rotatable bonds is 0. The molecule has 0 saturated carbocycles. The molecular formula is C3H5Ag. The summed E-state index contributed by atoms with van der Waals surface area (Å²) < 4.78 is 0.